The Morgan fingerprint density at radius 2 is 1.90 bits per heavy atom. The summed E-state index contributed by atoms with van der Waals surface area (Å²) in [5.41, 5.74) is 3.40. The van der Waals surface area contributed by atoms with E-state index >= 15 is 0 Å². The summed E-state index contributed by atoms with van der Waals surface area (Å²) in [5.74, 6) is 1.20. The van der Waals surface area contributed by atoms with Gasteiger partial charge >= 0.3 is 6.01 Å². The molecule has 2 rings (SSSR count). The van der Waals surface area contributed by atoms with E-state index in [2.05, 4.69) is 47.1 Å². The molecule has 0 radical (unpaired) electrons. The molecule has 1 N–H and O–H groups in total. The van der Waals surface area contributed by atoms with E-state index in [1.807, 2.05) is 19.1 Å². The fraction of sp³-hybridized carbons (Fsp3) is 0.438. The Bertz CT molecular complexity index is 613. The predicted octanol–water partition coefficient (Wildman–Crippen LogP) is 3.38. The van der Waals surface area contributed by atoms with E-state index in [1.165, 1.54) is 11.1 Å². The topological polar surface area (TPSA) is 59.9 Å². The minimum Gasteiger partial charge on any atom is -0.463 e. The molecule has 0 unspecified atom stereocenters. The van der Waals surface area contributed by atoms with E-state index in [4.69, 9.17) is 4.74 Å². The van der Waals surface area contributed by atoms with Crippen LogP contribution in [0.1, 0.15) is 31.4 Å². The van der Waals surface area contributed by atoms with Gasteiger partial charge in [-0.3, -0.25) is 0 Å². The maximum atomic E-state index is 5.57. The van der Waals surface area contributed by atoms with Crippen molar-refractivity contribution in [2.45, 2.75) is 34.1 Å². The fourth-order valence-corrected chi connectivity index (χ4v) is 1.97. The van der Waals surface area contributed by atoms with Gasteiger partial charge in [0, 0.05) is 12.1 Å². The van der Waals surface area contributed by atoms with Crippen LogP contribution >= 0.6 is 0 Å². The van der Waals surface area contributed by atoms with Crippen molar-refractivity contribution in [1.29, 1.82) is 0 Å². The third-order valence-corrected chi connectivity index (χ3v) is 3.23. The molecule has 1 aromatic carbocycles. The number of aryl methyl sites for hydroxylation is 1. The number of hydrogen-bond donors (Lipinski definition) is 1. The molecule has 0 saturated heterocycles. The van der Waals surface area contributed by atoms with Crippen LogP contribution in [0.15, 0.2) is 18.2 Å². The molecular formula is C16H22N4O. The first-order valence-electron chi connectivity index (χ1n) is 7.35. The molecule has 2 aromatic rings. The lowest BCUT2D eigenvalue weighted by Crippen LogP contribution is -2.08. The normalized spacial score (nSPS) is 10.5. The van der Waals surface area contributed by atoms with Gasteiger partial charge in [-0.2, -0.15) is 15.0 Å². The van der Waals surface area contributed by atoms with Crippen LogP contribution in [-0.4, -0.2) is 28.1 Å². The molecule has 0 bridgehead atoms. The fourth-order valence-electron chi connectivity index (χ4n) is 1.97. The van der Waals surface area contributed by atoms with Gasteiger partial charge in [0.2, 0.25) is 5.95 Å². The standard InChI is InChI=1S/C16H22N4O/c1-5-10-21-16-19-14(18-15(20-16)17-6-2)13-9-7-8-11(3)12(13)4/h7-9H,5-6,10H2,1-4H3,(H,17,18,19,20). The first-order chi connectivity index (χ1) is 10.2. The van der Waals surface area contributed by atoms with Crippen molar-refractivity contribution >= 4 is 5.95 Å². The minimum absolute atomic E-state index is 0.374. The maximum absolute atomic E-state index is 5.57. The average Bonchev–Trinajstić information content (AvgIpc) is 2.48. The van der Waals surface area contributed by atoms with Crippen molar-refractivity contribution in [2.75, 3.05) is 18.5 Å². The van der Waals surface area contributed by atoms with Gasteiger partial charge in [0.1, 0.15) is 0 Å². The summed E-state index contributed by atoms with van der Waals surface area (Å²) in [7, 11) is 0. The zero-order chi connectivity index (χ0) is 15.2. The van der Waals surface area contributed by atoms with Gasteiger partial charge in [0.25, 0.3) is 0 Å². The Hall–Kier alpha value is -2.17. The van der Waals surface area contributed by atoms with E-state index in [0.717, 1.165) is 18.5 Å². The molecule has 5 nitrogen and oxygen atoms in total. The first-order valence-corrected chi connectivity index (χ1v) is 7.35. The van der Waals surface area contributed by atoms with Crippen LogP contribution < -0.4 is 10.1 Å². The molecule has 0 aliphatic heterocycles. The van der Waals surface area contributed by atoms with Gasteiger partial charge in [-0.1, -0.05) is 25.1 Å². The van der Waals surface area contributed by atoms with Crippen LogP contribution in [0, 0.1) is 13.8 Å². The molecule has 112 valence electrons. The number of benzene rings is 1. The molecule has 0 aliphatic carbocycles. The summed E-state index contributed by atoms with van der Waals surface area (Å²) in [4.78, 5) is 13.2. The molecule has 0 fully saturated rings. The molecule has 0 spiro atoms. The number of hydrogen-bond acceptors (Lipinski definition) is 5. The second-order valence-corrected chi connectivity index (χ2v) is 4.89. The third-order valence-electron chi connectivity index (χ3n) is 3.23. The van der Waals surface area contributed by atoms with Crippen LogP contribution in [0.25, 0.3) is 11.4 Å². The van der Waals surface area contributed by atoms with Gasteiger partial charge in [-0.05, 0) is 38.3 Å². The summed E-state index contributed by atoms with van der Waals surface area (Å²) >= 11 is 0. The van der Waals surface area contributed by atoms with E-state index in [0.29, 0.717) is 24.4 Å². The number of nitrogens with zero attached hydrogens (tertiary/aromatic N) is 3. The smallest absolute Gasteiger partial charge is 0.321 e. The van der Waals surface area contributed by atoms with Crippen LogP contribution in [-0.2, 0) is 0 Å². The second kappa shape index (κ2) is 7.02. The van der Waals surface area contributed by atoms with E-state index < -0.39 is 0 Å². The second-order valence-electron chi connectivity index (χ2n) is 4.89. The molecule has 0 atom stereocenters. The zero-order valence-electron chi connectivity index (χ0n) is 13.1. The lowest BCUT2D eigenvalue weighted by Gasteiger charge is -2.11. The number of anilines is 1. The van der Waals surface area contributed by atoms with Crippen LogP contribution in [0.2, 0.25) is 0 Å². The summed E-state index contributed by atoms with van der Waals surface area (Å²) in [5, 5.41) is 3.13. The van der Waals surface area contributed by atoms with Crippen molar-refractivity contribution in [2.24, 2.45) is 0 Å². The van der Waals surface area contributed by atoms with Crippen LogP contribution in [0.4, 0.5) is 5.95 Å². The number of nitrogens with one attached hydrogen (secondary N) is 1. The average molecular weight is 286 g/mol. The van der Waals surface area contributed by atoms with Crippen LogP contribution in [0.5, 0.6) is 6.01 Å². The molecule has 0 amide bonds. The van der Waals surface area contributed by atoms with Gasteiger partial charge in [-0.15, -0.1) is 0 Å². The Labute approximate surface area is 125 Å². The van der Waals surface area contributed by atoms with Crippen molar-refractivity contribution in [3.63, 3.8) is 0 Å². The Kier molecular flexibility index (Phi) is 5.09. The first kappa shape index (κ1) is 15.2. The van der Waals surface area contributed by atoms with Crippen molar-refractivity contribution in [3.8, 4) is 17.4 Å². The summed E-state index contributed by atoms with van der Waals surface area (Å²) in [6, 6.07) is 6.50. The molecule has 0 saturated carbocycles. The Balaban J connectivity index is 2.45. The quantitative estimate of drug-likeness (QED) is 0.882. The molecular weight excluding hydrogens is 264 g/mol. The molecule has 1 aromatic heterocycles. The summed E-state index contributed by atoms with van der Waals surface area (Å²) < 4.78 is 5.57. The SMILES string of the molecule is CCCOc1nc(NCC)nc(-c2cccc(C)c2C)n1. The summed E-state index contributed by atoms with van der Waals surface area (Å²) in [6.45, 7) is 9.57. The highest BCUT2D eigenvalue weighted by molar-refractivity contribution is 5.62. The van der Waals surface area contributed by atoms with E-state index in [1.54, 1.807) is 0 Å². The molecule has 5 heteroatoms. The highest BCUT2D eigenvalue weighted by Crippen LogP contribution is 2.24. The minimum atomic E-state index is 0.374. The van der Waals surface area contributed by atoms with E-state index in [-0.39, 0.29) is 0 Å². The lowest BCUT2D eigenvalue weighted by atomic mass is 10.0. The number of ether oxygens (including phenoxy) is 1. The van der Waals surface area contributed by atoms with Crippen molar-refractivity contribution in [1.82, 2.24) is 15.0 Å². The molecule has 1 heterocycles. The maximum Gasteiger partial charge on any atom is 0.321 e. The molecule has 0 aliphatic rings. The Morgan fingerprint density at radius 3 is 2.62 bits per heavy atom. The number of aromatic nitrogens is 3. The highest BCUT2D eigenvalue weighted by atomic mass is 16.5. The third kappa shape index (κ3) is 3.68. The molecule has 21 heavy (non-hydrogen) atoms. The van der Waals surface area contributed by atoms with Crippen LogP contribution in [0.3, 0.4) is 0 Å². The van der Waals surface area contributed by atoms with Gasteiger partial charge in [-0.25, -0.2) is 0 Å². The van der Waals surface area contributed by atoms with Gasteiger partial charge < -0.3 is 10.1 Å². The monoisotopic (exact) mass is 286 g/mol. The number of rotatable bonds is 6. The lowest BCUT2D eigenvalue weighted by molar-refractivity contribution is 0.292. The van der Waals surface area contributed by atoms with Gasteiger partial charge in [0.05, 0.1) is 6.61 Å². The van der Waals surface area contributed by atoms with E-state index in [9.17, 15) is 0 Å². The highest BCUT2D eigenvalue weighted by Gasteiger charge is 2.12. The summed E-state index contributed by atoms with van der Waals surface area (Å²) in [6.07, 6.45) is 0.918. The zero-order valence-corrected chi connectivity index (χ0v) is 13.1. The predicted molar refractivity (Wildman–Crippen MR) is 84.7 cm³/mol. The van der Waals surface area contributed by atoms with Crippen molar-refractivity contribution < 1.29 is 4.74 Å². The Morgan fingerprint density at radius 1 is 1.10 bits per heavy atom. The van der Waals surface area contributed by atoms with Gasteiger partial charge in [0.15, 0.2) is 5.82 Å². The van der Waals surface area contributed by atoms with Crippen molar-refractivity contribution in [3.05, 3.63) is 29.3 Å². The largest absolute Gasteiger partial charge is 0.463 e.